The zero-order chi connectivity index (χ0) is 46.5. The van der Waals surface area contributed by atoms with Crippen LogP contribution in [0.25, 0.3) is 33.3 Å². The number of hydrazine groups is 1. The van der Waals surface area contributed by atoms with E-state index < -0.39 is 41.3 Å². The minimum Gasteiger partial charge on any atom is -0.508 e. The van der Waals surface area contributed by atoms with E-state index in [9.17, 15) is 34.2 Å². The van der Waals surface area contributed by atoms with Gasteiger partial charge in [-0.25, -0.2) is 5.43 Å². The highest BCUT2D eigenvalue weighted by Crippen LogP contribution is 2.41. The Morgan fingerprint density at radius 2 is 1.88 bits per heavy atom. The molecule has 2 aromatic heterocycles. The predicted octanol–water partition coefficient (Wildman–Crippen LogP) is 5.14. The van der Waals surface area contributed by atoms with E-state index in [1.54, 1.807) is 32.4 Å². The van der Waals surface area contributed by atoms with Crippen LogP contribution in [0, 0.1) is 11.3 Å². The zero-order valence-corrected chi connectivity index (χ0v) is 38.1. The Bertz CT molecular complexity index is 2410. The molecule has 2 aromatic carbocycles. The van der Waals surface area contributed by atoms with Crippen molar-refractivity contribution in [3.05, 3.63) is 84.2 Å². The number of ether oxygens (including phenoxy) is 1. The summed E-state index contributed by atoms with van der Waals surface area (Å²) >= 11 is 0. The van der Waals surface area contributed by atoms with Crippen molar-refractivity contribution in [2.75, 3.05) is 33.8 Å². The summed E-state index contributed by atoms with van der Waals surface area (Å²) in [6.45, 7) is 14.4. The topological polar surface area (TPSA) is 187 Å². The molecule has 4 N–H and O–H groups in total. The van der Waals surface area contributed by atoms with Gasteiger partial charge >= 0.3 is 5.97 Å². The first-order valence-corrected chi connectivity index (χ1v) is 22.2. The second-order valence-electron chi connectivity index (χ2n) is 18.1. The molecular formula is C49H63N7O8. The van der Waals surface area contributed by atoms with Crippen molar-refractivity contribution in [2.45, 2.75) is 104 Å². The normalized spacial score (nSPS) is 18.2. The highest BCUT2D eigenvalue weighted by molar-refractivity contribution is 5.96. The number of hydrogen-bond donors (Lipinski definition) is 4. The number of phenolic OH excluding ortho intramolecular Hbond substituents is 1. The summed E-state index contributed by atoms with van der Waals surface area (Å²) in [5.41, 5.74) is 8.82. The van der Waals surface area contributed by atoms with Crippen LogP contribution >= 0.6 is 0 Å². The number of esters is 1. The van der Waals surface area contributed by atoms with Gasteiger partial charge in [-0.1, -0.05) is 46.4 Å². The Labute approximate surface area is 375 Å². The van der Waals surface area contributed by atoms with Gasteiger partial charge in [-0.15, -0.1) is 0 Å². The molecule has 4 aromatic rings. The summed E-state index contributed by atoms with van der Waals surface area (Å²) in [6.07, 6.45) is 4.75. The standard InChI is InChI=1S/C49H63N7O8/c1-9-42(59)53(7)20-13-16-43(60)54(8)44(30(3)4)46(61)51-39-24-31-22-33(25-34(58)23-31)32-17-18-41-36(26-32)37(45(55(41)10-2)35-14-11-19-50-40(35)28-57)27-49(5,6)29-64-48(63)38-15-12-21-56(52-38)47(39)62/h9,11,14,17-19,22-23,25-26,30,38-39,44,52,57-58H,1,10,12-13,15-16,20-21,24,27-29H2,2-8H3,(H,51,61)/t38-,39-,44-/m0/s1. The van der Waals surface area contributed by atoms with Gasteiger partial charge in [0.05, 0.1) is 24.6 Å². The molecule has 2 aliphatic rings. The van der Waals surface area contributed by atoms with Gasteiger partial charge in [-0.05, 0) is 103 Å². The molecule has 15 nitrogen and oxygen atoms in total. The van der Waals surface area contributed by atoms with Crippen LogP contribution in [-0.4, -0.2) is 116 Å². The fourth-order valence-electron chi connectivity index (χ4n) is 9.04. The maximum absolute atomic E-state index is 14.6. The number of rotatable bonds is 12. The van der Waals surface area contributed by atoms with Crippen LogP contribution in [0.2, 0.25) is 0 Å². The number of pyridine rings is 1. The number of phenols is 1. The Hall–Kier alpha value is -6.06. The van der Waals surface area contributed by atoms with Crippen molar-refractivity contribution < 1.29 is 38.9 Å². The Balaban J connectivity index is 1.42. The SMILES string of the molecule is C=CC(=O)N(C)CCCC(=O)N(C)[C@H](C(=O)N[C@H]1Cc2cc(O)cc(c2)-c2ccc3c(c2)c(c(-c2cccnc2CO)n3CC)CC(C)(C)COC(=O)[C@@H]2CCCN(N2)C1=O)C(C)C. The number of aliphatic hydroxyl groups excluding tert-OH is 1. The lowest BCUT2D eigenvalue weighted by molar-refractivity contribution is -0.155. The quantitative estimate of drug-likeness (QED) is 0.110. The van der Waals surface area contributed by atoms with E-state index in [4.69, 9.17) is 4.74 Å². The fraction of sp³-hybridized carbons (Fsp3) is 0.469. The third-order valence-corrected chi connectivity index (χ3v) is 12.3. The summed E-state index contributed by atoms with van der Waals surface area (Å²) in [4.78, 5) is 75.6. The third kappa shape index (κ3) is 10.5. The highest BCUT2D eigenvalue weighted by Gasteiger charge is 2.38. The number of carbonyl (C=O) groups is 5. The maximum atomic E-state index is 14.6. The summed E-state index contributed by atoms with van der Waals surface area (Å²) in [5, 5.41) is 26.9. The minimum absolute atomic E-state index is 0.0194. The number of aliphatic hydroxyl groups is 1. The van der Waals surface area contributed by atoms with Gasteiger partial charge in [-0.2, -0.15) is 0 Å². The number of carbonyl (C=O) groups excluding carboxylic acids is 5. The van der Waals surface area contributed by atoms with Crippen LogP contribution < -0.4 is 10.7 Å². The molecule has 6 bridgehead atoms. The molecule has 0 unspecified atom stereocenters. The van der Waals surface area contributed by atoms with Crippen LogP contribution in [-0.2, 0) is 54.7 Å². The summed E-state index contributed by atoms with van der Waals surface area (Å²) < 4.78 is 8.26. The molecule has 0 spiro atoms. The highest BCUT2D eigenvalue weighted by atomic mass is 16.5. The predicted molar refractivity (Wildman–Crippen MR) is 244 cm³/mol. The number of likely N-dealkylation sites (N-methyl/N-ethyl adjacent to an activating group) is 2. The molecule has 64 heavy (non-hydrogen) atoms. The van der Waals surface area contributed by atoms with E-state index in [0.29, 0.717) is 55.6 Å². The van der Waals surface area contributed by atoms with Gasteiger partial charge in [0.2, 0.25) is 17.7 Å². The molecule has 2 aliphatic heterocycles. The third-order valence-electron chi connectivity index (χ3n) is 12.3. The lowest BCUT2D eigenvalue weighted by Gasteiger charge is -2.36. The number of aryl methyl sites for hydroxylation is 1. The van der Waals surface area contributed by atoms with E-state index in [-0.39, 0.29) is 56.1 Å². The number of aromatic nitrogens is 2. The van der Waals surface area contributed by atoms with E-state index in [1.807, 2.05) is 58.0 Å². The molecule has 15 heteroatoms. The van der Waals surface area contributed by atoms with Gasteiger partial charge in [0.25, 0.3) is 5.91 Å². The van der Waals surface area contributed by atoms with Gasteiger partial charge in [0, 0.05) is 74.6 Å². The number of aromatic hydroxyl groups is 1. The second kappa shape index (κ2) is 20.2. The van der Waals surface area contributed by atoms with E-state index >= 15 is 0 Å². The smallest absolute Gasteiger partial charge is 0.324 e. The Morgan fingerprint density at radius 1 is 1.11 bits per heavy atom. The molecule has 6 rings (SSSR count). The Kier molecular flexibility index (Phi) is 15.0. The average Bonchev–Trinajstić information content (AvgIpc) is 3.57. The van der Waals surface area contributed by atoms with Crippen molar-refractivity contribution in [3.63, 3.8) is 0 Å². The first-order valence-electron chi connectivity index (χ1n) is 22.2. The number of nitrogens with one attached hydrogen (secondary N) is 2. The zero-order valence-electron chi connectivity index (χ0n) is 38.1. The van der Waals surface area contributed by atoms with Crippen LogP contribution in [0.3, 0.4) is 0 Å². The molecule has 4 amide bonds. The van der Waals surface area contributed by atoms with Gasteiger partial charge in [0.1, 0.15) is 23.9 Å². The van der Waals surface area contributed by atoms with Gasteiger partial charge in [-0.3, -0.25) is 34.0 Å². The molecule has 0 saturated carbocycles. The van der Waals surface area contributed by atoms with Crippen molar-refractivity contribution in [2.24, 2.45) is 11.3 Å². The van der Waals surface area contributed by atoms with Crippen molar-refractivity contribution in [3.8, 4) is 28.1 Å². The molecule has 0 aliphatic carbocycles. The number of cyclic esters (lactones) is 1. The lowest BCUT2D eigenvalue weighted by Crippen LogP contribution is -2.62. The van der Waals surface area contributed by atoms with E-state index in [0.717, 1.165) is 33.3 Å². The minimum atomic E-state index is -1.17. The number of nitrogens with zero attached hydrogens (tertiary/aromatic N) is 5. The molecule has 4 heterocycles. The fourth-order valence-corrected chi connectivity index (χ4v) is 9.04. The van der Waals surface area contributed by atoms with E-state index in [2.05, 4.69) is 39.9 Å². The summed E-state index contributed by atoms with van der Waals surface area (Å²) in [5.74, 6) is -2.43. The molecule has 3 atom stereocenters. The van der Waals surface area contributed by atoms with Crippen LogP contribution in [0.1, 0.15) is 77.1 Å². The Morgan fingerprint density at radius 3 is 2.58 bits per heavy atom. The lowest BCUT2D eigenvalue weighted by atomic mass is 9.84. The second-order valence-corrected chi connectivity index (χ2v) is 18.1. The summed E-state index contributed by atoms with van der Waals surface area (Å²) in [6, 6.07) is 12.1. The molecule has 0 radical (unpaired) electrons. The molecule has 1 saturated heterocycles. The molecular weight excluding hydrogens is 815 g/mol. The largest absolute Gasteiger partial charge is 0.508 e. The monoisotopic (exact) mass is 877 g/mol. The van der Waals surface area contributed by atoms with E-state index in [1.165, 1.54) is 20.9 Å². The average molecular weight is 878 g/mol. The van der Waals surface area contributed by atoms with Crippen molar-refractivity contribution in [1.82, 2.24) is 35.1 Å². The number of hydrogen-bond acceptors (Lipinski definition) is 10. The molecule has 1 fully saturated rings. The van der Waals surface area contributed by atoms with Crippen LogP contribution in [0.15, 0.2) is 67.4 Å². The summed E-state index contributed by atoms with van der Waals surface area (Å²) in [7, 11) is 3.19. The van der Waals surface area contributed by atoms with Gasteiger partial charge < -0.3 is 34.6 Å². The number of benzene rings is 2. The first-order chi connectivity index (χ1) is 30.5. The molecule has 342 valence electrons. The van der Waals surface area contributed by atoms with Crippen LogP contribution in [0.5, 0.6) is 5.75 Å². The van der Waals surface area contributed by atoms with Crippen molar-refractivity contribution >= 4 is 40.5 Å². The first kappa shape index (κ1) is 47.4. The van der Waals surface area contributed by atoms with Crippen LogP contribution in [0.4, 0.5) is 0 Å². The maximum Gasteiger partial charge on any atom is 0.324 e. The number of amides is 4. The van der Waals surface area contributed by atoms with Gasteiger partial charge in [0.15, 0.2) is 0 Å². The number of fused-ring (bicyclic) bond motifs is 6. The van der Waals surface area contributed by atoms with Crippen molar-refractivity contribution in [1.29, 1.82) is 0 Å².